The first-order valence-electron chi connectivity index (χ1n) is 7.93. The number of anilines is 1. The van der Waals surface area contributed by atoms with E-state index in [2.05, 4.69) is 17.2 Å². The Morgan fingerprint density at radius 1 is 1.38 bits per heavy atom. The second kappa shape index (κ2) is 5.87. The number of nitrogens with zero attached hydrogens (tertiary/aromatic N) is 1. The van der Waals surface area contributed by atoms with Crippen molar-refractivity contribution in [3.05, 3.63) is 56.9 Å². The fourth-order valence-corrected chi connectivity index (χ4v) is 4.13. The van der Waals surface area contributed by atoms with E-state index in [9.17, 15) is 9.59 Å². The third-order valence-electron chi connectivity index (χ3n) is 4.26. The Balaban J connectivity index is 1.62. The zero-order valence-electron chi connectivity index (χ0n) is 13.2. The highest BCUT2D eigenvalue weighted by Gasteiger charge is 2.21. The average molecular weight is 340 g/mol. The van der Waals surface area contributed by atoms with Crippen LogP contribution in [0.2, 0.25) is 0 Å². The van der Waals surface area contributed by atoms with Gasteiger partial charge in [0.2, 0.25) is 0 Å². The molecule has 24 heavy (non-hydrogen) atoms. The van der Waals surface area contributed by atoms with Crippen LogP contribution in [-0.2, 0) is 12.8 Å². The van der Waals surface area contributed by atoms with Gasteiger partial charge in [-0.25, -0.2) is 4.98 Å². The second-order valence-corrected chi connectivity index (χ2v) is 7.25. The highest BCUT2D eigenvalue weighted by Crippen LogP contribution is 2.32. The summed E-state index contributed by atoms with van der Waals surface area (Å²) in [5, 5.41) is 3.79. The van der Waals surface area contributed by atoms with Crippen molar-refractivity contribution in [2.45, 2.75) is 26.2 Å². The number of hydrogen-bond donors (Lipinski definition) is 1. The molecule has 2 aromatic heterocycles. The Kier molecular flexibility index (Phi) is 3.69. The quantitative estimate of drug-likeness (QED) is 0.773. The van der Waals surface area contributed by atoms with Crippen molar-refractivity contribution in [1.29, 1.82) is 0 Å². The first kappa shape index (κ1) is 15.1. The minimum Gasteiger partial charge on any atom is -0.451 e. The Hall–Kier alpha value is -2.47. The number of benzene rings is 1. The molecule has 5 nitrogen and oxygen atoms in total. The number of para-hydroxylation sites is 1. The molecule has 0 spiro atoms. The van der Waals surface area contributed by atoms with Crippen LogP contribution >= 0.6 is 11.3 Å². The van der Waals surface area contributed by atoms with Gasteiger partial charge in [0.25, 0.3) is 5.91 Å². The van der Waals surface area contributed by atoms with Crippen molar-refractivity contribution in [2.75, 3.05) is 5.32 Å². The molecule has 0 fully saturated rings. The predicted octanol–water partition coefficient (Wildman–Crippen LogP) is 3.63. The van der Waals surface area contributed by atoms with Gasteiger partial charge in [-0.1, -0.05) is 19.1 Å². The lowest BCUT2D eigenvalue weighted by atomic mass is 9.93. The van der Waals surface area contributed by atoms with Crippen molar-refractivity contribution >= 4 is 33.3 Å². The molecule has 1 N–H and O–H groups in total. The van der Waals surface area contributed by atoms with E-state index in [4.69, 9.17) is 4.42 Å². The van der Waals surface area contributed by atoms with Crippen LogP contribution in [0.5, 0.6) is 0 Å². The van der Waals surface area contributed by atoms with Crippen LogP contribution in [0, 0.1) is 5.92 Å². The van der Waals surface area contributed by atoms with Crippen molar-refractivity contribution in [2.24, 2.45) is 5.92 Å². The maximum atomic E-state index is 12.4. The summed E-state index contributed by atoms with van der Waals surface area (Å²) in [5.74, 6) is 0.206. The van der Waals surface area contributed by atoms with E-state index < -0.39 is 5.91 Å². The van der Waals surface area contributed by atoms with Crippen LogP contribution < -0.4 is 10.7 Å². The standard InChI is InChI=1S/C18H16N2O3S/c1-10-6-7-12-16(8-10)24-18(19-12)20-17(22)15-9-13(21)11-4-2-3-5-14(11)23-15/h2-5,9-10H,6-8H2,1H3,(H,19,20,22)/t10-/m0/s1. The smallest absolute Gasteiger partial charge is 0.293 e. The largest absolute Gasteiger partial charge is 0.451 e. The Labute approximate surface area is 142 Å². The van der Waals surface area contributed by atoms with E-state index in [-0.39, 0.29) is 11.2 Å². The fourth-order valence-electron chi connectivity index (χ4n) is 2.97. The van der Waals surface area contributed by atoms with Crippen LogP contribution in [0.1, 0.15) is 34.5 Å². The molecule has 1 aliphatic rings. The number of aryl methyl sites for hydroxylation is 1. The molecule has 3 aromatic rings. The lowest BCUT2D eigenvalue weighted by molar-refractivity contribution is 0.0997. The third kappa shape index (κ3) is 2.73. The zero-order chi connectivity index (χ0) is 16.7. The zero-order valence-corrected chi connectivity index (χ0v) is 14.0. The molecule has 0 unspecified atom stereocenters. The van der Waals surface area contributed by atoms with Gasteiger partial charge >= 0.3 is 0 Å². The van der Waals surface area contributed by atoms with Crippen LogP contribution in [-0.4, -0.2) is 10.9 Å². The molecule has 0 saturated carbocycles. The van der Waals surface area contributed by atoms with Crippen LogP contribution in [0.25, 0.3) is 11.0 Å². The van der Waals surface area contributed by atoms with E-state index in [0.29, 0.717) is 22.0 Å². The molecule has 2 heterocycles. The number of nitrogens with one attached hydrogen (secondary N) is 1. The van der Waals surface area contributed by atoms with Crippen molar-refractivity contribution in [1.82, 2.24) is 4.98 Å². The number of rotatable bonds is 2. The van der Waals surface area contributed by atoms with Crippen molar-refractivity contribution in [3.8, 4) is 0 Å². The summed E-state index contributed by atoms with van der Waals surface area (Å²) >= 11 is 1.51. The van der Waals surface area contributed by atoms with Gasteiger partial charge in [-0.15, -0.1) is 11.3 Å². The van der Waals surface area contributed by atoms with Crippen LogP contribution in [0.4, 0.5) is 5.13 Å². The molecule has 1 aromatic carbocycles. The Bertz CT molecular complexity index is 989. The van der Waals surface area contributed by atoms with Gasteiger partial charge in [0.05, 0.1) is 11.1 Å². The fraction of sp³-hybridized carbons (Fsp3) is 0.278. The SMILES string of the molecule is C[C@H]1CCc2nc(NC(=O)c3cc(=O)c4ccccc4o3)sc2C1. The van der Waals surface area contributed by atoms with Crippen molar-refractivity contribution < 1.29 is 9.21 Å². The molecule has 4 rings (SSSR count). The molecular weight excluding hydrogens is 324 g/mol. The summed E-state index contributed by atoms with van der Waals surface area (Å²) in [7, 11) is 0. The molecule has 0 bridgehead atoms. The second-order valence-electron chi connectivity index (χ2n) is 6.16. The highest BCUT2D eigenvalue weighted by atomic mass is 32.1. The summed E-state index contributed by atoms with van der Waals surface area (Å²) in [6.07, 6.45) is 3.09. The number of aromatic nitrogens is 1. The molecule has 0 radical (unpaired) electrons. The minimum atomic E-state index is -0.447. The third-order valence-corrected chi connectivity index (χ3v) is 5.30. The minimum absolute atomic E-state index is 0.000222. The predicted molar refractivity (Wildman–Crippen MR) is 93.7 cm³/mol. The lowest BCUT2D eigenvalue weighted by Gasteiger charge is -2.15. The van der Waals surface area contributed by atoms with Gasteiger partial charge < -0.3 is 4.42 Å². The summed E-state index contributed by atoms with van der Waals surface area (Å²) in [6.45, 7) is 2.23. The summed E-state index contributed by atoms with van der Waals surface area (Å²) in [5.41, 5.74) is 1.25. The van der Waals surface area contributed by atoms with Gasteiger partial charge in [0, 0.05) is 10.9 Å². The van der Waals surface area contributed by atoms with E-state index in [1.54, 1.807) is 24.3 Å². The van der Waals surface area contributed by atoms with Gasteiger partial charge in [-0.05, 0) is 37.3 Å². The monoisotopic (exact) mass is 340 g/mol. The van der Waals surface area contributed by atoms with E-state index in [1.807, 2.05) is 0 Å². The number of carbonyl (C=O) groups is 1. The number of carbonyl (C=O) groups excluding carboxylic acids is 1. The highest BCUT2D eigenvalue weighted by molar-refractivity contribution is 7.15. The number of amides is 1. The number of hydrogen-bond acceptors (Lipinski definition) is 5. The lowest BCUT2D eigenvalue weighted by Crippen LogP contribution is -2.15. The van der Waals surface area contributed by atoms with E-state index in [0.717, 1.165) is 25.0 Å². The Morgan fingerprint density at radius 2 is 2.21 bits per heavy atom. The molecule has 6 heteroatoms. The molecule has 0 saturated heterocycles. The average Bonchev–Trinajstić information content (AvgIpc) is 2.96. The van der Waals surface area contributed by atoms with Crippen LogP contribution in [0.3, 0.4) is 0 Å². The molecule has 1 atom stereocenters. The molecular formula is C18H16N2O3S. The molecule has 1 aliphatic carbocycles. The topological polar surface area (TPSA) is 72.2 Å². The van der Waals surface area contributed by atoms with Gasteiger partial charge in [-0.3, -0.25) is 14.9 Å². The molecule has 122 valence electrons. The first-order chi connectivity index (χ1) is 11.6. The van der Waals surface area contributed by atoms with Gasteiger partial charge in [-0.2, -0.15) is 0 Å². The Morgan fingerprint density at radius 3 is 3.08 bits per heavy atom. The summed E-state index contributed by atoms with van der Waals surface area (Å²) < 4.78 is 5.56. The molecule has 0 aliphatic heterocycles. The number of fused-ring (bicyclic) bond motifs is 2. The normalized spacial score (nSPS) is 16.8. The first-order valence-corrected chi connectivity index (χ1v) is 8.74. The summed E-state index contributed by atoms with van der Waals surface area (Å²) in [4.78, 5) is 30.3. The van der Waals surface area contributed by atoms with Crippen molar-refractivity contribution in [3.63, 3.8) is 0 Å². The van der Waals surface area contributed by atoms with Gasteiger partial charge in [0.1, 0.15) is 5.58 Å². The van der Waals surface area contributed by atoms with Crippen LogP contribution in [0.15, 0.2) is 39.5 Å². The summed E-state index contributed by atoms with van der Waals surface area (Å²) in [6, 6.07) is 8.12. The maximum Gasteiger partial charge on any atom is 0.293 e. The maximum absolute atomic E-state index is 12.4. The van der Waals surface area contributed by atoms with E-state index >= 15 is 0 Å². The van der Waals surface area contributed by atoms with Gasteiger partial charge in [0.15, 0.2) is 16.3 Å². The molecule has 1 amide bonds. The van der Waals surface area contributed by atoms with E-state index in [1.165, 1.54) is 22.3 Å². The number of thiazole rings is 1.